The van der Waals surface area contributed by atoms with Crippen molar-refractivity contribution in [1.29, 1.82) is 0 Å². The molecule has 0 unspecified atom stereocenters. The number of rotatable bonds is 3. The number of hydrogen-bond acceptors (Lipinski definition) is 4. The van der Waals surface area contributed by atoms with Gasteiger partial charge in [0.05, 0.1) is 6.33 Å². The molecule has 0 saturated heterocycles. The molecule has 0 saturated carbocycles. The summed E-state index contributed by atoms with van der Waals surface area (Å²) in [7, 11) is 0. The standard InChI is InChI=1S/C18H14ClN5O/c19-13-5-1-3-11(7-13)9-24-10-21-17-15(24)18(25)23-16(22-17)12-4-2-6-14(20)8-12/h1-8,10H,9,20H2,(H,22,23,25). The van der Waals surface area contributed by atoms with Crippen molar-refractivity contribution in [3.63, 3.8) is 0 Å². The fourth-order valence-corrected chi connectivity index (χ4v) is 2.97. The third kappa shape index (κ3) is 2.99. The van der Waals surface area contributed by atoms with Crippen LogP contribution in [0, 0.1) is 0 Å². The van der Waals surface area contributed by atoms with Crippen molar-refractivity contribution in [2.24, 2.45) is 0 Å². The monoisotopic (exact) mass is 351 g/mol. The molecule has 4 aromatic rings. The third-order valence-corrected chi connectivity index (χ3v) is 4.12. The number of nitrogens with one attached hydrogen (secondary N) is 1. The number of H-pyrrole nitrogens is 1. The Kier molecular flexibility index (Phi) is 3.74. The Bertz CT molecular complexity index is 1130. The van der Waals surface area contributed by atoms with Gasteiger partial charge in [-0.25, -0.2) is 9.97 Å². The van der Waals surface area contributed by atoms with Gasteiger partial charge in [0.2, 0.25) is 0 Å². The minimum Gasteiger partial charge on any atom is -0.399 e. The van der Waals surface area contributed by atoms with Crippen molar-refractivity contribution in [3.05, 3.63) is 75.8 Å². The summed E-state index contributed by atoms with van der Waals surface area (Å²) in [5.74, 6) is 0.442. The van der Waals surface area contributed by atoms with Crippen LogP contribution in [-0.4, -0.2) is 19.5 Å². The zero-order valence-corrected chi connectivity index (χ0v) is 13.9. The molecule has 3 N–H and O–H groups in total. The Labute approximate surface area is 147 Å². The maximum atomic E-state index is 12.6. The van der Waals surface area contributed by atoms with E-state index in [2.05, 4.69) is 15.0 Å². The summed E-state index contributed by atoms with van der Waals surface area (Å²) in [5, 5.41) is 0.651. The average molecular weight is 352 g/mol. The summed E-state index contributed by atoms with van der Waals surface area (Å²) in [6.45, 7) is 0.486. The van der Waals surface area contributed by atoms with Crippen LogP contribution >= 0.6 is 11.6 Å². The Morgan fingerprint density at radius 1 is 1.16 bits per heavy atom. The van der Waals surface area contributed by atoms with E-state index in [1.807, 2.05) is 36.4 Å². The highest BCUT2D eigenvalue weighted by atomic mass is 35.5. The Morgan fingerprint density at radius 3 is 2.80 bits per heavy atom. The van der Waals surface area contributed by atoms with Crippen LogP contribution < -0.4 is 11.3 Å². The van der Waals surface area contributed by atoms with Crippen molar-refractivity contribution in [2.75, 3.05) is 5.73 Å². The van der Waals surface area contributed by atoms with Crippen LogP contribution in [0.2, 0.25) is 5.02 Å². The number of fused-ring (bicyclic) bond motifs is 1. The van der Waals surface area contributed by atoms with Crippen LogP contribution in [0.4, 0.5) is 5.69 Å². The van der Waals surface area contributed by atoms with Crippen LogP contribution in [0.1, 0.15) is 5.56 Å². The van der Waals surface area contributed by atoms with E-state index in [0.717, 1.165) is 11.1 Å². The summed E-state index contributed by atoms with van der Waals surface area (Å²) in [4.78, 5) is 24.1. The van der Waals surface area contributed by atoms with Crippen LogP contribution in [-0.2, 0) is 6.54 Å². The fourth-order valence-electron chi connectivity index (χ4n) is 2.76. The second-order valence-corrected chi connectivity index (χ2v) is 6.15. The molecule has 0 spiro atoms. The van der Waals surface area contributed by atoms with Gasteiger partial charge in [-0.15, -0.1) is 0 Å². The van der Waals surface area contributed by atoms with Gasteiger partial charge in [-0.3, -0.25) is 4.79 Å². The molecule has 0 atom stereocenters. The third-order valence-electron chi connectivity index (χ3n) is 3.89. The van der Waals surface area contributed by atoms with Gasteiger partial charge in [0.1, 0.15) is 5.82 Å². The van der Waals surface area contributed by atoms with Crippen LogP contribution in [0.3, 0.4) is 0 Å². The van der Waals surface area contributed by atoms with Gasteiger partial charge in [0.25, 0.3) is 5.56 Å². The highest BCUT2D eigenvalue weighted by Gasteiger charge is 2.12. The zero-order chi connectivity index (χ0) is 17.4. The smallest absolute Gasteiger partial charge is 0.277 e. The van der Waals surface area contributed by atoms with Gasteiger partial charge < -0.3 is 15.3 Å². The molecule has 0 aliphatic rings. The predicted octanol–water partition coefficient (Wildman–Crippen LogP) is 3.07. The summed E-state index contributed by atoms with van der Waals surface area (Å²) in [5.41, 5.74) is 8.69. The number of imidazole rings is 1. The first-order valence-electron chi connectivity index (χ1n) is 7.66. The van der Waals surface area contributed by atoms with Gasteiger partial charge in [-0.05, 0) is 29.8 Å². The lowest BCUT2D eigenvalue weighted by Crippen LogP contribution is -2.13. The summed E-state index contributed by atoms with van der Waals surface area (Å²) in [6.07, 6.45) is 1.61. The van der Waals surface area contributed by atoms with Crippen LogP contribution in [0.5, 0.6) is 0 Å². The van der Waals surface area contributed by atoms with E-state index in [-0.39, 0.29) is 5.56 Å². The number of halogens is 1. The first-order valence-corrected chi connectivity index (χ1v) is 8.03. The SMILES string of the molecule is Nc1cccc(-c2nc3ncn(Cc4cccc(Cl)c4)c3c(=O)[nH]2)c1. The summed E-state index contributed by atoms with van der Waals surface area (Å²) >= 11 is 6.02. The fraction of sp³-hybridized carbons (Fsp3) is 0.0556. The number of aromatic amines is 1. The topological polar surface area (TPSA) is 89.6 Å². The molecule has 2 heterocycles. The number of aromatic nitrogens is 4. The lowest BCUT2D eigenvalue weighted by Gasteiger charge is -2.05. The number of nitrogens with zero attached hydrogens (tertiary/aromatic N) is 3. The predicted molar refractivity (Wildman–Crippen MR) is 98.6 cm³/mol. The van der Waals surface area contributed by atoms with E-state index in [4.69, 9.17) is 17.3 Å². The lowest BCUT2D eigenvalue weighted by molar-refractivity contribution is 0.820. The van der Waals surface area contributed by atoms with E-state index in [0.29, 0.717) is 34.2 Å². The van der Waals surface area contributed by atoms with Gasteiger partial charge in [-0.2, -0.15) is 0 Å². The molecular formula is C18H14ClN5O. The Balaban J connectivity index is 1.78. The molecule has 2 aromatic heterocycles. The molecule has 7 heteroatoms. The highest BCUT2D eigenvalue weighted by Crippen LogP contribution is 2.19. The molecule has 0 radical (unpaired) electrons. The molecule has 25 heavy (non-hydrogen) atoms. The first kappa shape index (κ1) is 15.4. The zero-order valence-electron chi connectivity index (χ0n) is 13.1. The minimum atomic E-state index is -0.248. The molecule has 6 nitrogen and oxygen atoms in total. The number of nitrogen functional groups attached to an aromatic ring is 1. The maximum Gasteiger partial charge on any atom is 0.277 e. The Morgan fingerprint density at radius 2 is 2.00 bits per heavy atom. The van der Waals surface area contributed by atoms with Gasteiger partial charge in [0, 0.05) is 22.8 Å². The molecule has 0 aliphatic heterocycles. The molecule has 0 fully saturated rings. The van der Waals surface area contributed by atoms with Gasteiger partial charge in [-0.1, -0.05) is 35.9 Å². The molecular weight excluding hydrogens is 338 g/mol. The maximum absolute atomic E-state index is 12.6. The van der Waals surface area contributed by atoms with E-state index in [9.17, 15) is 4.79 Å². The molecule has 0 bridgehead atoms. The molecule has 124 valence electrons. The summed E-state index contributed by atoms with van der Waals surface area (Å²) < 4.78 is 1.76. The lowest BCUT2D eigenvalue weighted by atomic mass is 10.2. The number of anilines is 1. The second-order valence-electron chi connectivity index (χ2n) is 5.71. The highest BCUT2D eigenvalue weighted by molar-refractivity contribution is 6.30. The van der Waals surface area contributed by atoms with Crippen molar-refractivity contribution in [2.45, 2.75) is 6.54 Å². The number of nitrogens with two attached hydrogens (primary N) is 1. The van der Waals surface area contributed by atoms with Crippen LogP contribution in [0.15, 0.2) is 59.7 Å². The summed E-state index contributed by atoms with van der Waals surface area (Å²) in [6, 6.07) is 14.7. The van der Waals surface area contributed by atoms with Crippen molar-refractivity contribution < 1.29 is 0 Å². The van der Waals surface area contributed by atoms with Gasteiger partial charge >= 0.3 is 0 Å². The van der Waals surface area contributed by atoms with Crippen molar-refractivity contribution in [3.8, 4) is 11.4 Å². The number of hydrogen-bond donors (Lipinski definition) is 2. The molecule has 4 rings (SSSR count). The quantitative estimate of drug-likeness (QED) is 0.555. The number of benzene rings is 2. The van der Waals surface area contributed by atoms with E-state index in [1.165, 1.54) is 0 Å². The molecule has 0 amide bonds. The minimum absolute atomic E-state index is 0.248. The van der Waals surface area contributed by atoms with E-state index in [1.54, 1.807) is 23.0 Å². The largest absolute Gasteiger partial charge is 0.399 e. The molecule has 2 aromatic carbocycles. The average Bonchev–Trinajstić information content (AvgIpc) is 2.98. The van der Waals surface area contributed by atoms with Gasteiger partial charge in [0.15, 0.2) is 11.2 Å². The second kappa shape index (κ2) is 6.07. The Hall–Kier alpha value is -3.12. The van der Waals surface area contributed by atoms with Crippen LogP contribution in [0.25, 0.3) is 22.6 Å². The normalized spacial score (nSPS) is 11.1. The van der Waals surface area contributed by atoms with Crippen molar-refractivity contribution >= 4 is 28.5 Å². The van der Waals surface area contributed by atoms with E-state index >= 15 is 0 Å². The molecule has 0 aliphatic carbocycles. The van der Waals surface area contributed by atoms with E-state index < -0.39 is 0 Å². The first-order chi connectivity index (χ1) is 12.1. The van der Waals surface area contributed by atoms with Crippen molar-refractivity contribution in [1.82, 2.24) is 19.5 Å².